The van der Waals surface area contributed by atoms with Gasteiger partial charge in [0, 0.05) is 23.5 Å². The summed E-state index contributed by atoms with van der Waals surface area (Å²) < 4.78 is 55.8. The molecule has 0 amide bonds. The molecule has 3 aromatic rings. The summed E-state index contributed by atoms with van der Waals surface area (Å²) >= 11 is 0. The summed E-state index contributed by atoms with van der Waals surface area (Å²) in [6.07, 6.45) is -5.33. The minimum atomic E-state index is -4.81. The van der Waals surface area contributed by atoms with Crippen molar-refractivity contribution >= 4 is 11.0 Å². The molecule has 3 rings (SSSR count). The molecule has 0 aliphatic rings. The molecule has 1 aromatic carbocycles. The number of alkyl halides is 3. The molecular formula is C13H7F4N3O2. The van der Waals surface area contributed by atoms with Crippen LogP contribution in [0, 0.1) is 5.82 Å². The van der Waals surface area contributed by atoms with Crippen molar-refractivity contribution < 1.29 is 27.3 Å². The van der Waals surface area contributed by atoms with Gasteiger partial charge in [-0.1, -0.05) is 0 Å². The van der Waals surface area contributed by atoms with Crippen molar-refractivity contribution in [3.63, 3.8) is 0 Å². The third kappa shape index (κ3) is 2.50. The van der Waals surface area contributed by atoms with E-state index in [0.29, 0.717) is 0 Å². The second-order valence-electron chi connectivity index (χ2n) is 4.54. The number of hydrogen-bond donors (Lipinski definition) is 1. The largest absolute Gasteiger partial charge is 0.418 e. The number of aliphatic hydroxyl groups is 1. The van der Waals surface area contributed by atoms with Gasteiger partial charge >= 0.3 is 6.18 Å². The molecule has 5 nitrogen and oxygen atoms in total. The lowest BCUT2D eigenvalue weighted by Crippen LogP contribution is -2.20. The summed E-state index contributed by atoms with van der Waals surface area (Å²) in [6.45, 7) is 0. The molecular weight excluding hydrogens is 306 g/mol. The van der Waals surface area contributed by atoms with E-state index in [1.165, 1.54) is 12.3 Å². The zero-order valence-corrected chi connectivity index (χ0v) is 10.7. The number of hydrogen-bond acceptors (Lipinski definition) is 5. The highest BCUT2D eigenvalue weighted by Gasteiger charge is 2.39. The van der Waals surface area contributed by atoms with Gasteiger partial charge in [-0.05, 0) is 34.1 Å². The molecule has 1 atom stereocenters. The number of pyridine rings is 1. The minimum absolute atomic E-state index is 0.0804. The summed E-state index contributed by atoms with van der Waals surface area (Å²) in [5.74, 6) is -0.726. The molecule has 0 spiro atoms. The fourth-order valence-electron chi connectivity index (χ4n) is 1.97. The average Bonchev–Trinajstić information content (AvgIpc) is 2.94. The monoisotopic (exact) mass is 313 g/mol. The summed E-state index contributed by atoms with van der Waals surface area (Å²) in [7, 11) is 0. The van der Waals surface area contributed by atoms with E-state index in [-0.39, 0.29) is 22.2 Å². The van der Waals surface area contributed by atoms with Gasteiger partial charge < -0.3 is 5.11 Å². The van der Waals surface area contributed by atoms with E-state index in [0.717, 1.165) is 18.3 Å². The third-order valence-corrected chi connectivity index (χ3v) is 3.03. The zero-order valence-electron chi connectivity index (χ0n) is 10.7. The van der Waals surface area contributed by atoms with Gasteiger partial charge in [0.05, 0.1) is 0 Å². The molecule has 9 heteroatoms. The van der Waals surface area contributed by atoms with Crippen molar-refractivity contribution in [3.05, 3.63) is 42.0 Å². The molecule has 1 N–H and O–H groups in total. The van der Waals surface area contributed by atoms with Crippen LogP contribution in [0.4, 0.5) is 17.6 Å². The molecule has 0 bridgehead atoms. The summed E-state index contributed by atoms with van der Waals surface area (Å²) in [5, 5.41) is 16.1. The molecule has 2 aromatic heterocycles. The van der Waals surface area contributed by atoms with Crippen molar-refractivity contribution in [1.29, 1.82) is 0 Å². The third-order valence-electron chi connectivity index (χ3n) is 3.03. The Hall–Kier alpha value is -2.55. The van der Waals surface area contributed by atoms with Gasteiger partial charge in [0.25, 0.3) is 0 Å². The lowest BCUT2D eigenvalue weighted by atomic mass is 10.0. The molecule has 0 aliphatic heterocycles. The Kier molecular flexibility index (Phi) is 3.28. The van der Waals surface area contributed by atoms with Crippen molar-refractivity contribution in [2.75, 3.05) is 0 Å². The van der Waals surface area contributed by atoms with Crippen LogP contribution in [0.3, 0.4) is 0 Å². The SMILES string of the molecule is OC(c1cncc(-c2cc(F)c3nonc3c2)c1)C(F)(F)F. The second-order valence-corrected chi connectivity index (χ2v) is 4.54. The van der Waals surface area contributed by atoms with E-state index >= 15 is 0 Å². The maximum absolute atomic E-state index is 13.8. The van der Waals surface area contributed by atoms with Crippen molar-refractivity contribution in [1.82, 2.24) is 15.3 Å². The first-order valence-electron chi connectivity index (χ1n) is 5.98. The second kappa shape index (κ2) is 5.02. The summed E-state index contributed by atoms with van der Waals surface area (Å²) in [4.78, 5) is 3.65. The first kappa shape index (κ1) is 14.4. The molecule has 0 saturated carbocycles. The minimum Gasteiger partial charge on any atom is -0.379 e. The van der Waals surface area contributed by atoms with Gasteiger partial charge in [-0.2, -0.15) is 13.2 Å². The maximum atomic E-state index is 13.8. The van der Waals surface area contributed by atoms with Gasteiger partial charge in [0.15, 0.2) is 17.4 Å². The van der Waals surface area contributed by atoms with Crippen molar-refractivity contribution in [2.24, 2.45) is 0 Å². The number of aliphatic hydroxyl groups excluding tert-OH is 1. The van der Waals surface area contributed by atoms with Gasteiger partial charge in [-0.25, -0.2) is 9.02 Å². The number of nitrogens with zero attached hydrogens (tertiary/aromatic N) is 3. The van der Waals surface area contributed by atoms with E-state index in [9.17, 15) is 22.7 Å². The predicted octanol–water partition coefficient (Wildman–Crippen LogP) is 3.02. The normalized spacial score (nSPS) is 13.5. The lowest BCUT2D eigenvalue weighted by molar-refractivity contribution is -0.206. The van der Waals surface area contributed by atoms with E-state index < -0.39 is 23.7 Å². The molecule has 2 heterocycles. The van der Waals surface area contributed by atoms with Crippen LogP contribution in [0.5, 0.6) is 0 Å². The smallest absolute Gasteiger partial charge is 0.379 e. The summed E-state index contributed by atoms with van der Waals surface area (Å²) in [6, 6.07) is 3.56. The van der Waals surface area contributed by atoms with Gasteiger partial charge in [0.2, 0.25) is 0 Å². The van der Waals surface area contributed by atoms with Crippen molar-refractivity contribution in [3.8, 4) is 11.1 Å². The molecule has 114 valence electrons. The van der Waals surface area contributed by atoms with Crippen LogP contribution >= 0.6 is 0 Å². The number of aromatic nitrogens is 3. The van der Waals surface area contributed by atoms with E-state index in [1.54, 1.807) is 0 Å². The quantitative estimate of drug-likeness (QED) is 0.736. The Morgan fingerprint density at radius 1 is 1.05 bits per heavy atom. The zero-order chi connectivity index (χ0) is 15.9. The number of fused-ring (bicyclic) bond motifs is 1. The van der Waals surface area contributed by atoms with Crippen LogP contribution in [-0.2, 0) is 0 Å². The predicted molar refractivity (Wildman–Crippen MR) is 66.0 cm³/mol. The van der Waals surface area contributed by atoms with Crippen LogP contribution in [0.25, 0.3) is 22.2 Å². The lowest BCUT2D eigenvalue weighted by Gasteiger charge is -2.15. The number of benzene rings is 1. The standard InChI is InChI=1S/C13H7F4N3O2/c14-9-2-6(3-10-11(9)20-22-19-10)7-1-8(5-18-4-7)12(21)13(15,16)17/h1-5,12,21H. The number of halogens is 4. The topological polar surface area (TPSA) is 72.0 Å². The fraction of sp³-hybridized carbons (Fsp3) is 0.154. The highest BCUT2D eigenvalue weighted by atomic mass is 19.4. The van der Waals surface area contributed by atoms with Crippen LogP contribution < -0.4 is 0 Å². The van der Waals surface area contributed by atoms with Crippen LogP contribution in [0.2, 0.25) is 0 Å². The van der Waals surface area contributed by atoms with Gasteiger partial charge in [-0.15, -0.1) is 0 Å². The Labute approximate surface area is 120 Å². The van der Waals surface area contributed by atoms with Crippen LogP contribution in [-0.4, -0.2) is 26.6 Å². The molecule has 1 unspecified atom stereocenters. The van der Waals surface area contributed by atoms with Crippen LogP contribution in [0.15, 0.2) is 35.2 Å². The molecule has 0 aliphatic carbocycles. The Morgan fingerprint density at radius 2 is 1.82 bits per heavy atom. The van der Waals surface area contributed by atoms with Gasteiger partial charge in [0.1, 0.15) is 5.52 Å². The highest BCUT2D eigenvalue weighted by Crippen LogP contribution is 2.34. The first-order chi connectivity index (χ1) is 10.4. The van der Waals surface area contributed by atoms with Crippen LogP contribution in [0.1, 0.15) is 11.7 Å². The van der Waals surface area contributed by atoms with E-state index in [1.807, 2.05) is 0 Å². The molecule has 0 saturated heterocycles. The maximum Gasteiger partial charge on any atom is 0.418 e. The average molecular weight is 313 g/mol. The Balaban J connectivity index is 2.07. The number of rotatable bonds is 2. The van der Waals surface area contributed by atoms with E-state index in [4.69, 9.17) is 0 Å². The Bertz CT molecular complexity index is 832. The Morgan fingerprint density at radius 3 is 2.55 bits per heavy atom. The fourth-order valence-corrected chi connectivity index (χ4v) is 1.97. The molecule has 22 heavy (non-hydrogen) atoms. The first-order valence-corrected chi connectivity index (χ1v) is 5.98. The van der Waals surface area contributed by atoms with Crippen molar-refractivity contribution in [2.45, 2.75) is 12.3 Å². The highest BCUT2D eigenvalue weighted by molar-refractivity contribution is 5.81. The van der Waals surface area contributed by atoms with E-state index in [2.05, 4.69) is 19.9 Å². The molecule has 0 fully saturated rings. The molecule has 0 radical (unpaired) electrons. The van der Waals surface area contributed by atoms with Gasteiger partial charge in [-0.3, -0.25) is 4.98 Å². The summed E-state index contributed by atoms with van der Waals surface area (Å²) in [5.41, 5.74) is 0.0396.